The van der Waals surface area contributed by atoms with Crippen LogP contribution >= 0.6 is 0 Å². The van der Waals surface area contributed by atoms with E-state index >= 15 is 0 Å². The Kier molecular flexibility index (Phi) is 2.92. The van der Waals surface area contributed by atoms with Crippen molar-refractivity contribution in [3.63, 3.8) is 0 Å². The van der Waals surface area contributed by atoms with Crippen LogP contribution < -0.4 is 0 Å². The van der Waals surface area contributed by atoms with Crippen LogP contribution in [0.3, 0.4) is 0 Å². The van der Waals surface area contributed by atoms with E-state index in [1.54, 1.807) is 6.26 Å². The largest absolute Gasteiger partial charge is 0.472 e. The minimum atomic E-state index is 0.608. The number of likely N-dealkylation sites (tertiary alicyclic amines) is 1. The van der Waals surface area contributed by atoms with E-state index in [4.69, 9.17) is 4.42 Å². The predicted molar refractivity (Wildman–Crippen MR) is 57.1 cm³/mol. The monoisotopic (exact) mass is 193 g/mol. The van der Waals surface area contributed by atoms with Crippen LogP contribution in [0.2, 0.25) is 0 Å². The molecule has 0 aromatic carbocycles. The van der Waals surface area contributed by atoms with Crippen molar-refractivity contribution >= 4 is 0 Å². The number of rotatable bonds is 3. The molecule has 0 amide bonds. The molecule has 14 heavy (non-hydrogen) atoms. The fraction of sp³-hybridized carbons (Fsp3) is 0.667. The van der Waals surface area contributed by atoms with Crippen molar-refractivity contribution in [3.05, 3.63) is 24.2 Å². The summed E-state index contributed by atoms with van der Waals surface area (Å²) in [7, 11) is 0. The lowest BCUT2D eigenvalue weighted by molar-refractivity contribution is 0.228. The Hall–Kier alpha value is -0.760. The zero-order valence-corrected chi connectivity index (χ0v) is 9.07. The molecule has 1 aliphatic heterocycles. The fourth-order valence-corrected chi connectivity index (χ4v) is 2.36. The van der Waals surface area contributed by atoms with Gasteiger partial charge in [-0.1, -0.05) is 13.8 Å². The molecule has 0 radical (unpaired) electrons. The molecule has 0 saturated carbocycles. The Bertz CT molecular complexity index is 266. The summed E-state index contributed by atoms with van der Waals surface area (Å²) in [5.41, 5.74) is 1.35. The maximum atomic E-state index is 5.15. The predicted octanol–water partition coefficient (Wildman–Crippen LogP) is 3.07. The van der Waals surface area contributed by atoms with E-state index < -0.39 is 0 Å². The van der Waals surface area contributed by atoms with Crippen LogP contribution in [0.25, 0.3) is 0 Å². The van der Waals surface area contributed by atoms with E-state index in [9.17, 15) is 0 Å². The SMILES string of the molecule is CC(C)CN1CCC[C@@H]1c1ccoc1. The average molecular weight is 193 g/mol. The van der Waals surface area contributed by atoms with Crippen molar-refractivity contribution in [2.75, 3.05) is 13.1 Å². The van der Waals surface area contributed by atoms with Crippen LogP contribution in [-0.4, -0.2) is 18.0 Å². The second kappa shape index (κ2) is 4.18. The van der Waals surface area contributed by atoms with Crippen molar-refractivity contribution in [1.82, 2.24) is 4.90 Å². The van der Waals surface area contributed by atoms with Crippen molar-refractivity contribution in [3.8, 4) is 0 Å². The van der Waals surface area contributed by atoms with E-state index in [2.05, 4.69) is 24.8 Å². The lowest BCUT2D eigenvalue weighted by Crippen LogP contribution is -2.27. The molecule has 1 aromatic rings. The van der Waals surface area contributed by atoms with Crippen LogP contribution in [0.4, 0.5) is 0 Å². The number of hydrogen-bond acceptors (Lipinski definition) is 2. The number of hydrogen-bond donors (Lipinski definition) is 0. The maximum absolute atomic E-state index is 5.15. The molecule has 2 nitrogen and oxygen atoms in total. The molecule has 2 heteroatoms. The van der Waals surface area contributed by atoms with Gasteiger partial charge in [-0.25, -0.2) is 0 Å². The van der Waals surface area contributed by atoms with Gasteiger partial charge in [0.05, 0.1) is 12.5 Å². The fourth-order valence-electron chi connectivity index (χ4n) is 2.36. The Morgan fingerprint density at radius 2 is 2.43 bits per heavy atom. The van der Waals surface area contributed by atoms with Crippen molar-refractivity contribution in [2.24, 2.45) is 5.92 Å². The van der Waals surface area contributed by atoms with Gasteiger partial charge in [0.2, 0.25) is 0 Å². The molecule has 0 N–H and O–H groups in total. The molecule has 1 fully saturated rings. The minimum absolute atomic E-state index is 0.608. The first-order valence-electron chi connectivity index (χ1n) is 5.53. The summed E-state index contributed by atoms with van der Waals surface area (Å²) in [5, 5.41) is 0. The summed E-state index contributed by atoms with van der Waals surface area (Å²) < 4.78 is 5.15. The molecule has 0 aliphatic carbocycles. The molecule has 78 valence electrons. The van der Waals surface area contributed by atoms with E-state index in [1.165, 1.54) is 31.5 Å². The van der Waals surface area contributed by atoms with Crippen LogP contribution in [0.1, 0.15) is 38.3 Å². The summed E-state index contributed by atoms with van der Waals surface area (Å²) in [4.78, 5) is 2.58. The normalized spacial score (nSPS) is 23.5. The summed E-state index contributed by atoms with van der Waals surface area (Å²) in [6, 6.07) is 2.71. The van der Waals surface area contributed by atoms with Crippen LogP contribution in [0.15, 0.2) is 23.0 Å². The highest BCUT2D eigenvalue weighted by Gasteiger charge is 2.26. The van der Waals surface area contributed by atoms with Gasteiger partial charge in [-0.05, 0) is 31.4 Å². The van der Waals surface area contributed by atoms with Gasteiger partial charge in [0.25, 0.3) is 0 Å². The first kappa shape index (κ1) is 9.78. The molecule has 1 aromatic heterocycles. The van der Waals surface area contributed by atoms with Crippen molar-refractivity contribution in [2.45, 2.75) is 32.7 Å². The van der Waals surface area contributed by atoms with Gasteiger partial charge in [0.15, 0.2) is 0 Å². The third-order valence-electron chi connectivity index (χ3n) is 2.89. The average Bonchev–Trinajstić information content (AvgIpc) is 2.70. The first-order valence-corrected chi connectivity index (χ1v) is 5.53. The molecule has 0 spiro atoms. The smallest absolute Gasteiger partial charge is 0.0950 e. The Morgan fingerprint density at radius 1 is 1.57 bits per heavy atom. The topological polar surface area (TPSA) is 16.4 Å². The number of furan rings is 1. The van der Waals surface area contributed by atoms with E-state index in [0.717, 1.165) is 5.92 Å². The van der Waals surface area contributed by atoms with Gasteiger partial charge in [-0.2, -0.15) is 0 Å². The third kappa shape index (κ3) is 2.01. The second-order valence-electron chi connectivity index (χ2n) is 4.60. The molecule has 2 heterocycles. The molecular formula is C12H19NO. The first-order chi connectivity index (χ1) is 6.77. The molecular weight excluding hydrogens is 174 g/mol. The molecule has 1 atom stereocenters. The van der Waals surface area contributed by atoms with E-state index in [-0.39, 0.29) is 0 Å². The summed E-state index contributed by atoms with van der Waals surface area (Å²) in [5.74, 6) is 0.752. The maximum Gasteiger partial charge on any atom is 0.0950 e. The van der Waals surface area contributed by atoms with Gasteiger partial charge in [-0.15, -0.1) is 0 Å². The standard InChI is InChI=1S/C12H19NO/c1-10(2)8-13-6-3-4-12(13)11-5-7-14-9-11/h5,7,9-10,12H,3-4,6,8H2,1-2H3/t12-/m1/s1. The quantitative estimate of drug-likeness (QED) is 0.733. The highest BCUT2D eigenvalue weighted by molar-refractivity contribution is 5.13. The van der Waals surface area contributed by atoms with Crippen LogP contribution in [0, 0.1) is 5.92 Å². The Balaban J connectivity index is 2.04. The van der Waals surface area contributed by atoms with Gasteiger partial charge >= 0.3 is 0 Å². The lowest BCUT2D eigenvalue weighted by Gasteiger charge is -2.25. The van der Waals surface area contributed by atoms with Crippen LogP contribution in [0.5, 0.6) is 0 Å². The molecule has 0 bridgehead atoms. The Morgan fingerprint density at radius 3 is 3.07 bits per heavy atom. The van der Waals surface area contributed by atoms with Gasteiger partial charge < -0.3 is 4.42 Å². The van der Waals surface area contributed by atoms with Gasteiger partial charge in [0, 0.05) is 18.2 Å². The van der Waals surface area contributed by atoms with Crippen LogP contribution in [-0.2, 0) is 0 Å². The number of nitrogens with zero attached hydrogens (tertiary/aromatic N) is 1. The molecule has 2 rings (SSSR count). The molecule has 1 saturated heterocycles. The lowest BCUT2D eigenvalue weighted by atomic mass is 10.1. The highest BCUT2D eigenvalue weighted by Crippen LogP contribution is 2.32. The molecule has 0 unspecified atom stereocenters. The van der Waals surface area contributed by atoms with Gasteiger partial charge in [0.1, 0.15) is 0 Å². The van der Waals surface area contributed by atoms with Crippen molar-refractivity contribution in [1.29, 1.82) is 0 Å². The zero-order valence-electron chi connectivity index (χ0n) is 9.07. The minimum Gasteiger partial charge on any atom is -0.472 e. The van der Waals surface area contributed by atoms with E-state index in [1.807, 2.05) is 6.26 Å². The Labute approximate surface area is 85.9 Å². The molecule has 1 aliphatic rings. The summed E-state index contributed by atoms with van der Waals surface area (Å²) in [6.45, 7) is 7.01. The van der Waals surface area contributed by atoms with E-state index in [0.29, 0.717) is 6.04 Å². The third-order valence-corrected chi connectivity index (χ3v) is 2.89. The zero-order chi connectivity index (χ0) is 9.97. The second-order valence-corrected chi connectivity index (χ2v) is 4.60. The summed E-state index contributed by atoms with van der Waals surface area (Å²) in [6.07, 6.45) is 6.28. The summed E-state index contributed by atoms with van der Waals surface area (Å²) >= 11 is 0. The van der Waals surface area contributed by atoms with Gasteiger partial charge in [-0.3, -0.25) is 4.90 Å². The highest BCUT2D eigenvalue weighted by atomic mass is 16.3. The van der Waals surface area contributed by atoms with Crippen molar-refractivity contribution < 1.29 is 4.42 Å².